The molecule has 3 heteroatoms. The summed E-state index contributed by atoms with van der Waals surface area (Å²) in [4.78, 5) is 11.7. The molecule has 21 heavy (non-hydrogen) atoms. The summed E-state index contributed by atoms with van der Waals surface area (Å²) in [6.45, 7) is 2.39. The minimum absolute atomic E-state index is 0.0232. The molecule has 0 aromatic heterocycles. The van der Waals surface area contributed by atoms with Crippen molar-refractivity contribution in [3.05, 3.63) is 70.0 Å². The molecular formula is C18H14FNO. The molecule has 2 nitrogen and oxygen atoms in total. The minimum atomic E-state index is -0.222. The minimum Gasteiger partial charge on any atom is -0.352 e. The van der Waals surface area contributed by atoms with Gasteiger partial charge < -0.3 is 5.32 Å². The van der Waals surface area contributed by atoms with E-state index in [1.54, 1.807) is 19.1 Å². The largest absolute Gasteiger partial charge is 0.352 e. The molecule has 0 saturated heterocycles. The van der Waals surface area contributed by atoms with E-state index in [4.69, 9.17) is 0 Å². The maximum Gasteiger partial charge on any atom is 0.251 e. The van der Waals surface area contributed by atoms with Gasteiger partial charge in [-0.2, -0.15) is 0 Å². The van der Waals surface area contributed by atoms with Crippen LogP contribution < -0.4 is 5.32 Å². The molecule has 1 heterocycles. The van der Waals surface area contributed by atoms with Gasteiger partial charge in [-0.05, 0) is 60.9 Å². The SMILES string of the molecule is Cc1cc(C#Cc2ccc3c(c2)CCNC3=O)ccc1F. The van der Waals surface area contributed by atoms with Crippen LogP contribution in [0.1, 0.15) is 32.6 Å². The first-order valence-corrected chi connectivity index (χ1v) is 6.83. The fourth-order valence-corrected chi connectivity index (χ4v) is 2.37. The lowest BCUT2D eigenvalue weighted by Crippen LogP contribution is -2.31. The average molecular weight is 279 g/mol. The maximum absolute atomic E-state index is 13.2. The highest BCUT2D eigenvalue weighted by atomic mass is 19.1. The molecule has 0 atom stereocenters. The third kappa shape index (κ3) is 2.80. The zero-order chi connectivity index (χ0) is 14.8. The van der Waals surface area contributed by atoms with Crippen molar-refractivity contribution in [3.8, 4) is 11.8 Å². The van der Waals surface area contributed by atoms with E-state index in [-0.39, 0.29) is 11.7 Å². The molecule has 0 unspecified atom stereocenters. The van der Waals surface area contributed by atoms with E-state index in [0.717, 1.165) is 28.7 Å². The van der Waals surface area contributed by atoms with Crippen LogP contribution >= 0.6 is 0 Å². The lowest BCUT2D eigenvalue weighted by Gasteiger charge is -2.16. The zero-order valence-corrected chi connectivity index (χ0v) is 11.7. The Kier molecular flexibility index (Phi) is 3.45. The van der Waals surface area contributed by atoms with Crippen LogP contribution in [0.15, 0.2) is 36.4 Å². The van der Waals surface area contributed by atoms with Crippen LogP contribution in [0.3, 0.4) is 0 Å². The molecule has 104 valence electrons. The topological polar surface area (TPSA) is 29.1 Å². The fourth-order valence-electron chi connectivity index (χ4n) is 2.37. The average Bonchev–Trinajstić information content (AvgIpc) is 2.49. The highest BCUT2D eigenvalue weighted by Crippen LogP contribution is 2.15. The second-order valence-corrected chi connectivity index (χ2v) is 5.09. The molecule has 1 amide bonds. The monoisotopic (exact) mass is 279 g/mol. The number of fused-ring (bicyclic) bond motifs is 1. The Labute approximate surface area is 123 Å². The van der Waals surface area contributed by atoms with Gasteiger partial charge in [0.05, 0.1) is 0 Å². The lowest BCUT2D eigenvalue weighted by atomic mass is 9.98. The van der Waals surface area contributed by atoms with Gasteiger partial charge in [-0.3, -0.25) is 4.79 Å². The number of halogens is 1. The molecule has 2 aromatic rings. The highest BCUT2D eigenvalue weighted by molar-refractivity contribution is 5.96. The molecule has 0 aliphatic carbocycles. The predicted octanol–water partition coefficient (Wildman–Crippen LogP) is 2.82. The fraction of sp³-hybridized carbons (Fsp3) is 0.167. The third-order valence-corrected chi connectivity index (χ3v) is 3.54. The highest BCUT2D eigenvalue weighted by Gasteiger charge is 2.15. The molecule has 0 spiro atoms. The van der Waals surface area contributed by atoms with E-state index in [0.29, 0.717) is 12.1 Å². The zero-order valence-electron chi connectivity index (χ0n) is 11.7. The van der Waals surface area contributed by atoms with E-state index in [1.165, 1.54) is 6.07 Å². The van der Waals surface area contributed by atoms with Gasteiger partial charge in [-0.1, -0.05) is 11.8 Å². The number of hydrogen-bond donors (Lipinski definition) is 1. The lowest BCUT2D eigenvalue weighted by molar-refractivity contribution is 0.0946. The van der Waals surface area contributed by atoms with Crippen molar-refractivity contribution in [1.82, 2.24) is 5.32 Å². The van der Waals surface area contributed by atoms with E-state index in [1.807, 2.05) is 18.2 Å². The second-order valence-electron chi connectivity index (χ2n) is 5.09. The van der Waals surface area contributed by atoms with Crippen molar-refractivity contribution in [3.63, 3.8) is 0 Å². The molecule has 1 aliphatic rings. The van der Waals surface area contributed by atoms with Crippen LogP contribution in [0.5, 0.6) is 0 Å². The molecule has 0 fully saturated rings. The maximum atomic E-state index is 13.2. The van der Waals surface area contributed by atoms with Crippen LogP contribution in [-0.2, 0) is 6.42 Å². The molecule has 2 aromatic carbocycles. The summed E-state index contributed by atoms with van der Waals surface area (Å²) >= 11 is 0. The Balaban J connectivity index is 1.90. The van der Waals surface area contributed by atoms with Gasteiger partial charge in [0.2, 0.25) is 0 Å². The van der Waals surface area contributed by atoms with Crippen molar-refractivity contribution >= 4 is 5.91 Å². The summed E-state index contributed by atoms with van der Waals surface area (Å²) in [6.07, 6.45) is 0.826. The molecule has 0 radical (unpaired) electrons. The quantitative estimate of drug-likeness (QED) is 0.738. The number of carbonyl (C=O) groups is 1. The Morgan fingerprint density at radius 2 is 1.81 bits per heavy atom. The van der Waals surface area contributed by atoms with Crippen LogP contribution in [0, 0.1) is 24.6 Å². The number of hydrogen-bond acceptors (Lipinski definition) is 1. The van der Waals surface area contributed by atoms with Crippen molar-refractivity contribution < 1.29 is 9.18 Å². The number of rotatable bonds is 0. The number of nitrogens with one attached hydrogen (secondary N) is 1. The van der Waals surface area contributed by atoms with Crippen LogP contribution in [-0.4, -0.2) is 12.5 Å². The number of carbonyl (C=O) groups excluding carboxylic acids is 1. The van der Waals surface area contributed by atoms with E-state index >= 15 is 0 Å². The van der Waals surface area contributed by atoms with E-state index in [9.17, 15) is 9.18 Å². The first-order chi connectivity index (χ1) is 10.1. The predicted molar refractivity (Wildman–Crippen MR) is 79.6 cm³/mol. The standard InChI is InChI=1S/C18H14FNO/c1-12-10-13(5-7-17(12)19)2-3-14-4-6-16-15(11-14)8-9-20-18(16)21/h4-7,10-11H,8-9H2,1H3,(H,20,21). The number of amides is 1. The van der Waals surface area contributed by atoms with Gasteiger partial charge in [0.15, 0.2) is 0 Å². The second kappa shape index (κ2) is 5.41. The van der Waals surface area contributed by atoms with Crippen molar-refractivity contribution in [1.29, 1.82) is 0 Å². The van der Waals surface area contributed by atoms with Gasteiger partial charge in [0.1, 0.15) is 5.82 Å². The Hall–Kier alpha value is -2.60. The van der Waals surface area contributed by atoms with Crippen LogP contribution in [0.4, 0.5) is 4.39 Å². The summed E-state index contributed by atoms with van der Waals surface area (Å²) in [5.41, 5.74) is 3.99. The van der Waals surface area contributed by atoms with Crippen LogP contribution in [0.2, 0.25) is 0 Å². The van der Waals surface area contributed by atoms with E-state index < -0.39 is 0 Å². The molecule has 1 N–H and O–H groups in total. The smallest absolute Gasteiger partial charge is 0.251 e. The Morgan fingerprint density at radius 3 is 2.57 bits per heavy atom. The number of aryl methyl sites for hydroxylation is 1. The molecule has 3 rings (SSSR count). The van der Waals surface area contributed by atoms with Crippen molar-refractivity contribution in [2.75, 3.05) is 6.54 Å². The van der Waals surface area contributed by atoms with Gasteiger partial charge in [0.25, 0.3) is 5.91 Å². The molecule has 1 aliphatic heterocycles. The summed E-state index contributed by atoms with van der Waals surface area (Å²) in [5.74, 6) is 5.85. The molecular weight excluding hydrogens is 265 g/mol. The Morgan fingerprint density at radius 1 is 1.10 bits per heavy atom. The van der Waals surface area contributed by atoms with Crippen molar-refractivity contribution in [2.24, 2.45) is 0 Å². The third-order valence-electron chi connectivity index (χ3n) is 3.54. The van der Waals surface area contributed by atoms with Gasteiger partial charge in [0, 0.05) is 23.2 Å². The van der Waals surface area contributed by atoms with E-state index in [2.05, 4.69) is 17.2 Å². The number of benzene rings is 2. The summed E-state index contributed by atoms with van der Waals surface area (Å²) in [5, 5.41) is 2.82. The molecule has 0 bridgehead atoms. The van der Waals surface area contributed by atoms with Gasteiger partial charge in [-0.15, -0.1) is 0 Å². The summed E-state index contributed by atoms with van der Waals surface area (Å²) in [6, 6.07) is 10.4. The molecule has 0 saturated carbocycles. The first-order valence-electron chi connectivity index (χ1n) is 6.83. The van der Waals surface area contributed by atoms with Gasteiger partial charge in [-0.25, -0.2) is 4.39 Å². The Bertz CT molecular complexity index is 784. The van der Waals surface area contributed by atoms with Gasteiger partial charge >= 0.3 is 0 Å². The summed E-state index contributed by atoms with van der Waals surface area (Å²) in [7, 11) is 0. The normalized spacial score (nSPS) is 13.0. The van der Waals surface area contributed by atoms with Crippen LogP contribution in [0.25, 0.3) is 0 Å². The first kappa shape index (κ1) is 13.4. The van der Waals surface area contributed by atoms with Crippen molar-refractivity contribution in [2.45, 2.75) is 13.3 Å². The summed E-state index contributed by atoms with van der Waals surface area (Å²) < 4.78 is 13.2.